The Kier molecular flexibility index (Phi) is 4.04. The predicted octanol–water partition coefficient (Wildman–Crippen LogP) is 1.99. The number of amides is 1. The Hall–Kier alpha value is -1.62. The lowest BCUT2D eigenvalue weighted by atomic mass is 10.1. The van der Waals surface area contributed by atoms with Crippen molar-refractivity contribution >= 4 is 23.5 Å². The van der Waals surface area contributed by atoms with Crippen LogP contribution in [0, 0.1) is 0 Å². The van der Waals surface area contributed by atoms with Crippen molar-refractivity contribution in [3.8, 4) is 0 Å². The Morgan fingerprint density at radius 2 is 2.26 bits per heavy atom. The highest BCUT2D eigenvalue weighted by Gasteiger charge is 2.34. The van der Waals surface area contributed by atoms with E-state index in [1.165, 1.54) is 11.0 Å². The molecule has 1 saturated heterocycles. The van der Waals surface area contributed by atoms with E-state index >= 15 is 0 Å². The SMILES string of the molecule is CCc1cc(C(=O)N2CCC[C@@H]2C(=O)O)cc(Cl)n1. The fourth-order valence-corrected chi connectivity index (χ4v) is 2.51. The van der Waals surface area contributed by atoms with Gasteiger partial charge in [-0.15, -0.1) is 0 Å². The standard InChI is InChI=1S/C13H15ClN2O3/c1-2-9-6-8(7-11(14)15-9)12(17)16-5-3-4-10(16)13(18)19/h6-7,10H,2-5H2,1H3,(H,18,19)/t10-/m1/s1. The monoisotopic (exact) mass is 282 g/mol. The van der Waals surface area contributed by atoms with E-state index in [-0.39, 0.29) is 11.1 Å². The van der Waals surface area contributed by atoms with Crippen LogP contribution in [0.15, 0.2) is 12.1 Å². The number of carbonyl (C=O) groups excluding carboxylic acids is 1. The molecule has 1 fully saturated rings. The fraction of sp³-hybridized carbons (Fsp3) is 0.462. The summed E-state index contributed by atoms with van der Waals surface area (Å²) in [6.45, 7) is 2.39. The van der Waals surface area contributed by atoms with E-state index in [0.29, 0.717) is 31.4 Å². The van der Waals surface area contributed by atoms with Crippen molar-refractivity contribution in [2.24, 2.45) is 0 Å². The Morgan fingerprint density at radius 3 is 2.89 bits per heavy atom. The van der Waals surface area contributed by atoms with Crippen LogP contribution in [-0.2, 0) is 11.2 Å². The smallest absolute Gasteiger partial charge is 0.326 e. The zero-order valence-corrected chi connectivity index (χ0v) is 11.4. The first-order chi connectivity index (χ1) is 9.02. The molecule has 1 amide bonds. The minimum Gasteiger partial charge on any atom is -0.480 e. The molecule has 5 nitrogen and oxygen atoms in total. The molecular weight excluding hydrogens is 268 g/mol. The van der Waals surface area contributed by atoms with Gasteiger partial charge < -0.3 is 10.0 Å². The van der Waals surface area contributed by atoms with Crippen molar-refractivity contribution in [3.63, 3.8) is 0 Å². The molecule has 1 aromatic heterocycles. The van der Waals surface area contributed by atoms with Crippen molar-refractivity contribution < 1.29 is 14.7 Å². The van der Waals surface area contributed by atoms with E-state index in [1.807, 2.05) is 6.92 Å². The number of nitrogens with zero attached hydrogens (tertiary/aromatic N) is 2. The van der Waals surface area contributed by atoms with Crippen molar-refractivity contribution in [1.82, 2.24) is 9.88 Å². The van der Waals surface area contributed by atoms with E-state index < -0.39 is 12.0 Å². The number of halogens is 1. The summed E-state index contributed by atoms with van der Waals surface area (Å²) in [4.78, 5) is 29.0. The Balaban J connectivity index is 2.28. The second-order valence-corrected chi connectivity index (χ2v) is 4.91. The predicted molar refractivity (Wildman–Crippen MR) is 70.3 cm³/mol. The van der Waals surface area contributed by atoms with E-state index in [4.69, 9.17) is 16.7 Å². The normalized spacial score (nSPS) is 18.6. The molecule has 0 saturated carbocycles. The van der Waals surface area contributed by atoms with Gasteiger partial charge in [-0.3, -0.25) is 4.79 Å². The highest BCUT2D eigenvalue weighted by Crippen LogP contribution is 2.22. The van der Waals surface area contributed by atoms with Gasteiger partial charge in [0.25, 0.3) is 5.91 Å². The van der Waals surface area contributed by atoms with Crippen LogP contribution in [0.25, 0.3) is 0 Å². The summed E-state index contributed by atoms with van der Waals surface area (Å²) in [6, 6.07) is 2.43. The van der Waals surface area contributed by atoms with Crippen molar-refractivity contribution in [3.05, 3.63) is 28.5 Å². The zero-order chi connectivity index (χ0) is 14.0. The van der Waals surface area contributed by atoms with Gasteiger partial charge in [-0.1, -0.05) is 18.5 Å². The number of carbonyl (C=O) groups is 2. The number of carboxylic acid groups (broad SMARTS) is 1. The Bertz CT molecular complexity index is 519. The lowest BCUT2D eigenvalue weighted by molar-refractivity contribution is -0.141. The molecule has 102 valence electrons. The third-order valence-corrected chi connectivity index (χ3v) is 3.45. The molecule has 0 radical (unpaired) electrons. The molecule has 2 heterocycles. The maximum atomic E-state index is 12.4. The van der Waals surface area contributed by atoms with Crippen LogP contribution in [0.2, 0.25) is 5.15 Å². The van der Waals surface area contributed by atoms with E-state index in [0.717, 1.165) is 5.69 Å². The van der Waals surface area contributed by atoms with Crippen LogP contribution < -0.4 is 0 Å². The Morgan fingerprint density at radius 1 is 1.53 bits per heavy atom. The summed E-state index contributed by atoms with van der Waals surface area (Å²) in [5.41, 5.74) is 1.13. The summed E-state index contributed by atoms with van der Waals surface area (Å²) >= 11 is 5.88. The van der Waals surface area contributed by atoms with Crippen LogP contribution in [0.4, 0.5) is 0 Å². The first-order valence-electron chi connectivity index (χ1n) is 6.23. The highest BCUT2D eigenvalue weighted by atomic mass is 35.5. The van der Waals surface area contributed by atoms with Gasteiger partial charge in [-0.05, 0) is 31.4 Å². The Labute approximate surface area is 116 Å². The molecule has 0 spiro atoms. The average molecular weight is 283 g/mol. The zero-order valence-electron chi connectivity index (χ0n) is 10.6. The van der Waals surface area contributed by atoms with Crippen molar-refractivity contribution in [2.75, 3.05) is 6.54 Å². The molecule has 0 unspecified atom stereocenters. The first kappa shape index (κ1) is 13.8. The summed E-state index contributed by atoms with van der Waals surface area (Å²) < 4.78 is 0. The van der Waals surface area contributed by atoms with Gasteiger partial charge >= 0.3 is 5.97 Å². The van der Waals surface area contributed by atoms with Crippen LogP contribution in [0.5, 0.6) is 0 Å². The molecule has 1 N–H and O–H groups in total. The minimum atomic E-state index is -0.957. The van der Waals surface area contributed by atoms with Crippen molar-refractivity contribution in [1.29, 1.82) is 0 Å². The third-order valence-electron chi connectivity index (χ3n) is 3.26. The second-order valence-electron chi connectivity index (χ2n) is 4.52. The summed E-state index contributed by atoms with van der Waals surface area (Å²) in [7, 11) is 0. The summed E-state index contributed by atoms with van der Waals surface area (Å²) in [6.07, 6.45) is 1.88. The quantitative estimate of drug-likeness (QED) is 0.861. The second kappa shape index (κ2) is 5.57. The molecule has 6 heteroatoms. The van der Waals surface area contributed by atoms with Gasteiger partial charge in [0, 0.05) is 17.8 Å². The van der Waals surface area contributed by atoms with E-state index in [2.05, 4.69) is 4.98 Å². The highest BCUT2D eigenvalue weighted by molar-refractivity contribution is 6.29. The minimum absolute atomic E-state index is 0.258. The topological polar surface area (TPSA) is 70.5 Å². The number of aromatic nitrogens is 1. The molecule has 1 atom stereocenters. The largest absolute Gasteiger partial charge is 0.480 e. The lowest BCUT2D eigenvalue weighted by Gasteiger charge is -2.21. The molecule has 0 aromatic carbocycles. The van der Waals surface area contributed by atoms with Gasteiger partial charge in [0.15, 0.2) is 0 Å². The summed E-state index contributed by atoms with van der Waals surface area (Å²) in [5.74, 6) is -1.24. The number of aliphatic carboxylic acids is 1. The van der Waals surface area contributed by atoms with Gasteiger partial charge in [-0.2, -0.15) is 0 Å². The number of carboxylic acids is 1. The van der Waals surface area contributed by atoms with Gasteiger partial charge in [0.05, 0.1) is 0 Å². The molecule has 2 rings (SSSR count). The molecule has 19 heavy (non-hydrogen) atoms. The van der Waals surface area contributed by atoms with Gasteiger partial charge in [-0.25, -0.2) is 9.78 Å². The molecule has 0 aliphatic carbocycles. The summed E-state index contributed by atoms with van der Waals surface area (Å²) in [5, 5.41) is 9.36. The molecule has 0 bridgehead atoms. The van der Waals surface area contributed by atoms with Crippen LogP contribution in [-0.4, -0.2) is 39.5 Å². The average Bonchev–Trinajstić information content (AvgIpc) is 2.86. The van der Waals surface area contributed by atoms with Crippen LogP contribution >= 0.6 is 11.6 Å². The van der Waals surface area contributed by atoms with Gasteiger partial charge in [0.2, 0.25) is 0 Å². The maximum absolute atomic E-state index is 12.4. The number of pyridine rings is 1. The number of likely N-dealkylation sites (tertiary alicyclic amines) is 1. The maximum Gasteiger partial charge on any atom is 0.326 e. The number of rotatable bonds is 3. The molecule has 1 aromatic rings. The fourth-order valence-electron chi connectivity index (χ4n) is 2.29. The number of aryl methyl sites for hydroxylation is 1. The van der Waals surface area contributed by atoms with Crippen molar-refractivity contribution in [2.45, 2.75) is 32.2 Å². The number of hydrogen-bond donors (Lipinski definition) is 1. The molecule has 1 aliphatic rings. The van der Waals surface area contributed by atoms with Crippen LogP contribution in [0.3, 0.4) is 0 Å². The van der Waals surface area contributed by atoms with Gasteiger partial charge in [0.1, 0.15) is 11.2 Å². The third kappa shape index (κ3) is 2.87. The number of hydrogen-bond acceptors (Lipinski definition) is 3. The molecular formula is C13H15ClN2O3. The van der Waals surface area contributed by atoms with E-state index in [1.54, 1.807) is 6.07 Å². The lowest BCUT2D eigenvalue weighted by Crippen LogP contribution is -2.40. The van der Waals surface area contributed by atoms with Crippen LogP contribution in [0.1, 0.15) is 35.8 Å². The molecule has 1 aliphatic heterocycles. The van der Waals surface area contributed by atoms with E-state index in [9.17, 15) is 9.59 Å². The first-order valence-corrected chi connectivity index (χ1v) is 6.61.